The molecule has 0 radical (unpaired) electrons. The van der Waals surface area contributed by atoms with Crippen LogP contribution in [0.15, 0.2) is 40.9 Å². The van der Waals surface area contributed by atoms with Gasteiger partial charge in [-0.25, -0.2) is 0 Å². The van der Waals surface area contributed by atoms with Gasteiger partial charge in [0, 0.05) is 15.2 Å². The highest BCUT2D eigenvalue weighted by atomic mass is 79.9. The molecule has 3 heteroatoms. The van der Waals surface area contributed by atoms with Crippen LogP contribution in [0.4, 0.5) is 5.69 Å². The van der Waals surface area contributed by atoms with Gasteiger partial charge in [0.2, 0.25) is 0 Å². The Morgan fingerprint density at radius 3 is 2.19 bits per heavy atom. The van der Waals surface area contributed by atoms with Crippen molar-refractivity contribution < 1.29 is 0 Å². The Morgan fingerprint density at radius 2 is 1.67 bits per heavy atom. The van der Waals surface area contributed by atoms with Crippen molar-refractivity contribution in [3.8, 4) is 0 Å². The number of benzene rings is 2. The van der Waals surface area contributed by atoms with Crippen LogP contribution in [0.5, 0.6) is 0 Å². The Morgan fingerprint density at radius 1 is 1.10 bits per heavy atom. The lowest BCUT2D eigenvalue weighted by Gasteiger charge is -2.21. The summed E-state index contributed by atoms with van der Waals surface area (Å²) >= 11 is 9.61. The zero-order chi connectivity index (χ0) is 15.4. The normalized spacial score (nSPS) is 12.2. The predicted octanol–water partition coefficient (Wildman–Crippen LogP) is 6.67. The summed E-state index contributed by atoms with van der Waals surface area (Å²) in [5.41, 5.74) is 4.95. The molecule has 0 aliphatic carbocycles. The molecule has 2 rings (SSSR count). The van der Waals surface area contributed by atoms with E-state index < -0.39 is 0 Å². The van der Waals surface area contributed by atoms with Crippen LogP contribution in [0.1, 0.15) is 42.5 Å². The van der Waals surface area contributed by atoms with E-state index in [9.17, 15) is 0 Å². The summed E-state index contributed by atoms with van der Waals surface area (Å²) in [5.74, 6) is 0. The summed E-state index contributed by atoms with van der Waals surface area (Å²) in [4.78, 5) is 0. The molecular weight excluding hydrogens is 346 g/mol. The van der Waals surface area contributed by atoms with Crippen molar-refractivity contribution in [2.45, 2.75) is 39.7 Å². The van der Waals surface area contributed by atoms with Gasteiger partial charge in [0.1, 0.15) is 0 Å². The fourth-order valence-corrected chi connectivity index (χ4v) is 2.89. The molecule has 21 heavy (non-hydrogen) atoms. The first-order chi connectivity index (χ1) is 10.0. The fourth-order valence-electron chi connectivity index (χ4n) is 2.54. The van der Waals surface area contributed by atoms with Crippen molar-refractivity contribution in [1.82, 2.24) is 0 Å². The van der Waals surface area contributed by atoms with Crippen molar-refractivity contribution in [2.24, 2.45) is 0 Å². The molecule has 0 bridgehead atoms. The van der Waals surface area contributed by atoms with Crippen molar-refractivity contribution in [2.75, 3.05) is 5.32 Å². The SMILES string of the molecule is CCCC(Nc1cc(C)c(Br)c(C)c1)c1ccc(Cl)cc1. The molecular formula is C18H21BrClN. The third kappa shape index (κ3) is 4.24. The average Bonchev–Trinajstić information content (AvgIpc) is 2.45. The molecule has 1 atom stereocenters. The van der Waals surface area contributed by atoms with E-state index in [2.05, 4.69) is 66.3 Å². The Bertz CT molecular complexity index is 584. The molecule has 0 aliphatic rings. The Hall–Kier alpha value is -0.990. The van der Waals surface area contributed by atoms with E-state index in [1.165, 1.54) is 26.9 Å². The van der Waals surface area contributed by atoms with Crippen LogP contribution in [0.3, 0.4) is 0 Å². The zero-order valence-electron chi connectivity index (χ0n) is 12.7. The highest BCUT2D eigenvalue weighted by molar-refractivity contribution is 9.10. The summed E-state index contributed by atoms with van der Waals surface area (Å²) in [6.07, 6.45) is 2.23. The van der Waals surface area contributed by atoms with Gasteiger partial charge in [0.25, 0.3) is 0 Å². The van der Waals surface area contributed by atoms with Crippen LogP contribution in [-0.4, -0.2) is 0 Å². The number of nitrogens with one attached hydrogen (secondary N) is 1. The maximum absolute atomic E-state index is 5.99. The second-order valence-electron chi connectivity index (χ2n) is 5.46. The maximum Gasteiger partial charge on any atom is 0.0513 e. The number of halogens is 2. The Kier molecular flexibility index (Phi) is 5.72. The van der Waals surface area contributed by atoms with E-state index in [0.29, 0.717) is 6.04 Å². The van der Waals surface area contributed by atoms with Crippen molar-refractivity contribution in [1.29, 1.82) is 0 Å². The predicted molar refractivity (Wildman–Crippen MR) is 96.3 cm³/mol. The topological polar surface area (TPSA) is 12.0 Å². The minimum atomic E-state index is 0.312. The molecule has 1 unspecified atom stereocenters. The largest absolute Gasteiger partial charge is 0.378 e. The van der Waals surface area contributed by atoms with Crippen LogP contribution in [-0.2, 0) is 0 Å². The minimum absolute atomic E-state index is 0.312. The van der Waals surface area contributed by atoms with Crippen LogP contribution >= 0.6 is 27.5 Å². The summed E-state index contributed by atoms with van der Waals surface area (Å²) in [7, 11) is 0. The molecule has 112 valence electrons. The molecule has 2 aromatic rings. The van der Waals surface area contributed by atoms with Gasteiger partial charge in [0.15, 0.2) is 0 Å². The fraction of sp³-hybridized carbons (Fsp3) is 0.333. The van der Waals surface area contributed by atoms with Gasteiger partial charge in [-0.1, -0.05) is 53.0 Å². The molecule has 0 amide bonds. The van der Waals surface area contributed by atoms with Crippen LogP contribution in [0.25, 0.3) is 0 Å². The third-order valence-corrected chi connectivity index (χ3v) is 5.13. The minimum Gasteiger partial charge on any atom is -0.378 e. The number of hydrogen-bond donors (Lipinski definition) is 1. The maximum atomic E-state index is 5.99. The molecule has 1 N–H and O–H groups in total. The van der Waals surface area contributed by atoms with Crippen LogP contribution < -0.4 is 5.32 Å². The second-order valence-corrected chi connectivity index (χ2v) is 6.69. The lowest BCUT2D eigenvalue weighted by atomic mass is 10.0. The van der Waals surface area contributed by atoms with E-state index in [1.807, 2.05) is 12.1 Å². The van der Waals surface area contributed by atoms with Gasteiger partial charge in [-0.2, -0.15) is 0 Å². The first kappa shape index (κ1) is 16.4. The summed E-state index contributed by atoms with van der Waals surface area (Å²) in [6, 6.07) is 12.8. The average molecular weight is 367 g/mol. The first-order valence-electron chi connectivity index (χ1n) is 7.30. The summed E-state index contributed by atoms with van der Waals surface area (Å²) in [6.45, 7) is 6.46. The van der Waals surface area contributed by atoms with E-state index >= 15 is 0 Å². The van der Waals surface area contributed by atoms with E-state index in [-0.39, 0.29) is 0 Å². The second kappa shape index (κ2) is 7.33. The van der Waals surface area contributed by atoms with Gasteiger partial charge in [0.05, 0.1) is 6.04 Å². The zero-order valence-corrected chi connectivity index (χ0v) is 15.1. The van der Waals surface area contributed by atoms with Gasteiger partial charge >= 0.3 is 0 Å². The van der Waals surface area contributed by atoms with Crippen molar-refractivity contribution in [3.63, 3.8) is 0 Å². The van der Waals surface area contributed by atoms with Crippen LogP contribution in [0.2, 0.25) is 5.02 Å². The highest BCUT2D eigenvalue weighted by Gasteiger charge is 2.11. The molecule has 0 saturated carbocycles. The quantitative estimate of drug-likeness (QED) is 0.623. The van der Waals surface area contributed by atoms with Crippen LogP contribution in [0, 0.1) is 13.8 Å². The molecule has 0 aliphatic heterocycles. The molecule has 0 saturated heterocycles. The standard InChI is InChI=1S/C18H21BrClN/c1-4-5-17(14-6-8-15(20)9-7-14)21-16-10-12(2)18(19)13(3)11-16/h6-11,17,21H,4-5H2,1-3H3. The van der Waals surface area contributed by atoms with Crippen molar-refractivity contribution >= 4 is 33.2 Å². The first-order valence-corrected chi connectivity index (χ1v) is 8.47. The number of hydrogen-bond acceptors (Lipinski definition) is 1. The van der Waals surface area contributed by atoms with Gasteiger partial charge in [-0.15, -0.1) is 0 Å². The smallest absolute Gasteiger partial charge is 0.0513 e. The lowest BCUT2D eigenvalue weighted by molar-refractivity contribution is 0.677. The Labute approximate surface area is 140 Å². The van der Waals surface area contributed by atoms with Gasteiger partial charge < -0.3 is 5.32 Å². The number of rotatable bonds is 5. The molecule has 0 aromatic heterocycles. The summed E-state index contributed by atoms with van der Waals surface area (Å²) in [5, 5.41) is 4.44. The van der Waals surface area contributed by atoms with E-state index in [0.717, 1.165) is 17.9 Å². The monoisotopic (exact) mass is 365 g/mol. The third-order valence-electron chi connectivity index (χ3n) is 3.63. The molecule has 2 aromatic carbocycles. The highest BCUT2D eigenvalue weighted by Crippen LogP contribution is 2.29. The number of anilines is 1. The van der Waals surface area contributed by atoms with Gasteiger partial charge in [-0.05, 0) is 61.2 Å². The van der Waals surface area contributed by atoms with Gasteiger partial charge in [-0.3, -0.25) is 0 Å². The Balaban J connectivity index is 2.26. The molecule has 1 nitrogen and oxygen atoms in total. The molecule has 0 fully saturated rings. The molecule has 0 heterocycles. The lowest BCUT2D eigenvalue weighted by Crippen LogP contribution is -2.11. The van der Waals surface area contributed by atoms with Crippen molar-refractivity contribution in [3.05, 3.63) is 62.6 Å². The van der Waals surface area contributed by atoms with E-state index in [4.69, 9.17) is 11.6 Å². The molecule has 0 spiro atoms. The number of aryl methyl sites for hydroxylation is 2. The van der Waals surface area contributed by atoms with E-state index in [1.54, 1.807) is 0 Å². The summed E-state index contributed by atoms with van der Waals surface area (Å²) < 4.78 is 1.19.